The summed E-state index contributed by atoms with van der Waals surface area (Å²) in [6.45, 7) is 0. The van der Waals surface area contributed by atoms with E-state index in [1.165, 1.54) is 5.69 Å². The topological polar surface area (TPSA) is 34.9 Å². The second kappa shape index (κ2) is 4.61. The highest BCUT2D eigenvalue weighted by atomic mass is 16.1. The SMILES string of the molecule is O=CC=C1CCCc2c1cnn2-c1ccccc1. The van der Waals surface area contributed by atoms with Gasteiger partial charge in [0.1, 0.15) is 6.29 Å². The van der Waals surface area contributed by atoms with Gasteiger partial charge in [-0.25, -0.2) is 4.68 Å². The standard InChI is InChI=1S/C15H14N2O/c18-10-9-12-5-4-8-15-14(12)11-16-17(15)13-6-2-1-3-7-13/h1-3,6-7,9-11H,4-5,8H2. The van der Waals surface area contributed by atoms with Gasteiger partial charge in [0.25, 0.3) is 0 Å². The molecule has 0 bridgehead atoms. The quantitative estimate of drug-likeness (QED) is 0.595. The maximum Gasteiger partial charge on any atom is 0.143 e. The summed E-state index contributed by atoms with van der Waals surface area (Å²) < 4.78 is 1.98. The lowest BCUT2D eigenvalue weighted by atomic mass is 9.92. The van der Waals surface area contributed by atoms with Crippen LogP contribution in [-0.4, -0.2) is 16.1 Å². The fraction of sp³-hybridized carbons (Fsp3) is 0.200. The molecule has 0 fully saturated rings. The highest BCUT2D eigenvalue weighted by molar-refractivity contribution is 5.82. The monoisotopic (exact) mass is 238 g/mol. The normalized spacial score (nSPS) is 16.6. The third kappa shape index (κ3) is 1.78. The van der Waals surface area contributed by atoms with Gasteiger partial charge >= 0.3 is 0 Å². The smallest absolute Gasteiger partial charge is 0.143 e. The van der Waals surface area contributed by atoms with Crippen LogP contribution < -0.4 is 0 Å². The van der Waals surface area contributed by atoms with Crippen molar-refractivity contribution in [1.29, 1.82) is 0 Å². The molecule has 3 nitrogen and oxygen atoms in total. The Labute approximate surface area is 106 Å². The van der Waals surface area contributed by atoms with Gasteiger partial charge in [-0.1, -0.05) is 18.2 Å². The number of allylic oxidation sites excluding steroid dienone is 2. The molecule has 0 radical (unpaired) electrons. The van der Waals surface area contributed by atoms with Gasteiger partial charge in [-0.15, -0.1) is 0 Å². The van der Waals surface area contributed by atoms with Gasteiger partial charge < -0.3 is 0 Å². The molecule has 0 atom stereocenters. The minimum absolute atomic E-state index is 0.865. The van der Waals surface area contributed by atoms with Crippen molar-refractivity contribution in [1.82, 2.24) is 9.78 Å². The number of carbonyl (C=O) groups is 1. The number of hydrogen-bond acceptors (Lipinski definition) is 2. The first-order chi connectivity index (χ1) is 8.90. The fourth-order valence-corrected chi connectivity index (χ4v) is 2.51. The molecule has 1 aromatic heterocycles. The number of aromatic nitrogens is 2. The van der Waals surface area contributed by atoms with Crippen LogP contribution in [0.15, 0.2) is 42.6 Å². The third-order valence-electron chi connectivity index (χ3n) is 3.34. The van der Waals surface area contributed by atoms with Crippen LogP contribution in [0.25, 0.3) is 11.3 Å². The number of carbonyl (C=O) groups excluding carboxylic acids is 1. The maximum absolute atomic E-state index is 10.7. The van der Waals surface area contributed by atoms with Gasteiger partial charge in [-0.2, -0.15) is 5.10 Å². The molecule has 1 aromatic carbocycles. The average Bonchev–Trinajstić information content (AvgIpc) is 2.85. The van der Waals surface area contributed by atoms with Crippen LogP contribution in [0.3, 0.4) is 0 Å². The van der Waals surface area contributed by atoms with Crippen LogP contribution in [-0.2, 0) is 11.2 Å². The van der Waals surface area contributed by atoms with E-state index in [1.807, 2.05) is 41.2 Å². The number of hydrogen-bond donors (Lipinski definition) is 0. The molecule has 1 aliphatic rings. The van der Waals surface area contributed by atoms with Gasteiger partial charge in [0.05, 0.1) is 17.6 Å². The van der Waals surface area contributed by atoms with E-state index in [0.29, 0.717) is 0 Å². The van der Waals surface area contributed by atoms with Crippen LogP contribution in [0.2, 0.25) is 0 Å². The Morgan fingerprint density at radius 3 is 2.78 bits per heavy atom. The first-order valence-corrected chi connectivity index (χ1v) is 6.17. The van der Waals surface area contributed by atoms with Gasteiger partial charge in [0.2, 0.25) is 0 Å². The molecule has 0 saturated carbocycles. The number of rotatable bonds is 2. The van der Waals surface area contributed by atoms with Crippen molar-refractivity contribution in [3.8, 4) is 5.69 Å². The van der Waals surface area contributed by atoms with Crippen molar-refractivity contribution in [3.05, 3.63) is 53.9 Å². The summed E-state index contributed by atoms with van der Waals surface area (Å²) in [4.78, 5) is 10.7. The number of para-hydroxylation sites is 1. The maximum atomic E-state index is 10.7. The first kappa shape index (κ1) is 11.0. The summed E-state index contributed by atoms with van der Waals surface area (Å²) in [6.07, 6.45) is 7.45. The summed E-state index contributed by atoms with van der Waals surface area (Å²) in [7, 11) is 0. The van der Waals surface area contributed by atoms with Gasteiger partial charge in [-0.3, -0.25) is 4.79 Å². The molecule has 3 rings (SSSR count). The summed E-state index contributed by atoms with van der Waals surface area (Å²) in [5.41, 5.74) is 4.51. The van der Waals surface area contributed by atoms with E-state index in [9.17, 15) is 4.79 Å². The van der Waals surface area contributed by atoms with Crippen molar-refractivity contribution < 1.29 is 4.79 Å². The molecule has 0 unspecified atom stereocenters. The van der Waals surface area contributed by atoms with Crippen molar-refractivity contribution in [2.45, 2.75) is 19.3 Å². The minimum atomic E-state index is 0.865. The predicted molar refractivity (Wildman–Crippen MR) is 70.5 cm³/mol. The van der Waals surface area contributed by atoms with Crippen molar-refractivity contribution >= 4 is 11.9 Å². The van der Waals surface area contributed by atoms with Crippen molar-refractivity contribution in [2.75, 3.05) is 0 Å². The summed E-state index contributed by atoms with van der Waals surface area (Å²) in [5.74, 6) is 0. The molecule has 1 aliphatic carbocycles. The largest absolute Gasteiger partial charge is 0.299 e. The summed E-state index contributed by atoms with van der Waals surface area (Å²) >= 11 is 0. The van der Waals surface area contributed by atoms with E-state index in [-0.39, 0.29) is 0 Å². The first-order valence-electron chi connectivity index (χ1n) is 6.17. The highest BCUT2D eigenvalue weighted by Gasteiger charge is 2.19. The molecule has 3 heteroatoms. The van der Waals surface area contributed by atoms with E-state index in [4.69, 9.17) is 0 Å². The van der Waals surface area contributed by atoms with E-state index >= 15 is 0 Å². The Kier molecular flexibility index (Phi) is 2.81. The lowest BCUT2D eigenvalue weighted by Gasteiger charge is -2.16. The number of fused-ring (bicyclic) bond motifs is 1. The molecule has 0 N–H and O–H groups in total. The zero-order chi connectivity index (χ0) is 12.4. The molecule has 1 heterocycles. The molecular formula is C15H14N2O. The molecular weight excluding hydrogens is 224 g/mol. The zero-order valence-electron chi connectivity index (χ0n) is 10.0. The second-order valence-corrected chi connectivity index (χ2v) is 4.43. The Bertz CT molecular complexity index is 596. The van der Waals surface area contributed by atoms with E-state index in [2.05, 4.69) is 5.10 Å². The van der Waals surface area contributed by atoms with Crippen LogP contribution in [0.1, 0.15) is 24.1 Å². The van der Waals surface area contributed by atoms with E-state index < -0.39 is 0 Å². The molecule has 0 amide bonds. The minimum Gasteiger partial charge on any atom is -0.299 e. The lowest BCUT2D eigenvalue weighted by Crippen LogP contribution is -2.07. The Balaban J connectivity index is 2.11. The molecule has 18 heavy (non-hydrogen) atoms. The van der Waals surface area contributed by atoms with E-state index in [0.717, 1.165) is 42.4 Å². The number of aldehydes is 1. The van der Waals surface area contributed by atoms with Crippen LogP contribution in [0.5, 0.6) is 0 Å². The zero-order valence-corrected chi connectivity index (χ0v) is 10.0. The number of benzene rings is 1. The molecule has 2 aromatic rings. The second-order valence-electron chi connectivity index (χ2n) is 4.43. The Morgan fingerprint density at radius 1 is 1.17 bits per heavy atom. The molecule has 0 saturated heterocycles. The number of nitrogens with zero attached hydrogens (tertiary/aromatic N) is 2. The molecule has 0 spiro atoms. The Hall–Kier alpha value is -2.16. The van der Waals surface area contributed by atoms with Gasteiger partial charge in [0.15, 0.2) is 0 Å². The van der Waals surface area contributed by atoms with E-state index in [1.54, 1.807) is 6.08 Å². The van der Waals surface area contributed by atoms with Crippen molar-refractivity contribution in [2.24, 2.45) is 0 Å². The average molecular weight is 238 g/mol. The third-order valence-corrected chi connectivity index (χ3v) is 3.34. The van der Waals surface area contributed by atoms with Gasteiger partial charge in [0, 0.05) is 5.56 Å². The van der Waals surface area contributed by atoms with Crippen LogP contribution >= 0.6 is 0 Å². The summed E-state index contributed by atoms with van der Waals surface area (Å²) in [6, 6.07) is 10.1. The van der Waals surface area contributed by atoms with Gasteiger partial charge in [-0.05, 0) is 43.0 Å². The lowest BCUT2D eigenvalue weighted by molar-refractivity contribution is -0.104. The molecule has 0 aliphatic heterocycles. The molecule has 90 valence electrons. The van der Waals surface area contributed by atoms with Crippen LogP contribution in [0, 0.1) is 0 Å². The fourth-order valence-electron chi connectivity index (χ4n) is 2.51. The van der Waals surface area contributed by atoms with Crippen molar-refractivity contribution in [3.63, 3.8) is 0 Å². The van der Waals surface area contributed by atoms with Crippen LogP contribution in [0.4, 0.5) is 0 Å². The summed E-state index contributed by atoms with van der Waals surface area (Å²) in [5, 5.41) is 4.46. The highest BCUT2D eigenvalue weighted by Crippen LogP contribution is 2.31. The predicted octanol–water partition coefficient (Wildman–Crippen LogP) is 2.79. The Morgan fingerprint density at radius 2 is 2.00 bits per heavy atom.